The van der Waals surface area contributed by atoms with Gasteiger partial charge in [-0.3, -0.25) is 4.79 Å². The Labute approximate surface area is 85.9 Å². The molecule has 0 unspecified atom stereocenters. The van der Waals surface area contributed by atoms with Crippen molar-refractivity contribution in [3.63, 3.8) is 0 Å². The highest BCUT2D eigenvalue weighted by molar-refractivity contribution is 6.30. The van der Waals surface area contributed by atoms with E-state index in [4.69, 9.17) is 16.7 Å². The molecule has 0 spiro atoms. The molecular weight excluding hydrogens is 204 g/mol. The van der Waals surface area contributed by atoms with Crippen LogP contribution in [-0.4, -0.2) is 22.0 Å². The summed E-state index contributed by atoms with van der Waals surface area (Å²) in [5.41, 5.74) is 0.236. The van der Waals surface area contributed by atoms with Crippen molar-refractivity contribution in [2.75, 3.05) is 0 Å². The van der Waals surface area contributed by atoms with Gasteiger partial charge in [0.2, 0.25) is 0 Å². The summed E-state index contributed by atoms with van der Waals surface area (Å²) in [5, 5.41) is 11.8. The lowest BCUT2D eigenvalue weighted by atomic mass is 10.3. The topological polar surface area (TPSA) is 62.2 Å². The van der Waals surface area contributed by atoms with Gasteiger partial charge in [0.25, 0.3) is 5.91 Å². The Bertz CT molecular complexity index is 377. The third kappa shape index (κ3) is 1.96. The molecule has 5 heteroatoms. The van der Waals surface area contributed by atoms with Gasteiger partial charge in [-0.1, -0.05) is 11.6 Å². The van der Waals surface area contributed by atoms with Gasteiger partial charge >= 0.3 is 0 Å². The van der Waals surface area contributed by atoms with Crippen LogP contribution in [0, 0.1) is 0 Å². The minimum atomic E-state index is -0.241. The fourth-order valence-electron chi connectivity index (χ4n) is 1.04. The van der Waals surface area contributed by atoms with Crippen molar-refractivity contribution >= 4 is 17.5 Å². The first-order valence-corrected chi connectivity index (χ1v) is 4.71. The molecular formula is C9H9ClN2O2. The Morgan fingerprint density at radius 1 is 1.57 bits per heavy atom. The summed E-state index contributed by atoms with van der Waals surface area (Å²) in [6.07, 6.45) is 2.05. The lowest BCUT2D eigenvalue weighted by molar-refractivity contribution is 0.0946. The molecule has 14 heavy (non-hydrogen) atoms. The summed E-state index contributed by atoms with van der Waals surface area (Å²) in [5.74, 6) is -0.357. The number of carbonyl (C=O) groups excluding carboxylic acids is 1. The zero-order chi connectivity index (χ0) is 10.1. The summed E-state index contributed by atoms with van der Waals surface area (Å²) >= 11 is 5.57. The predicted molar refractivity (Wildman–Crippen MR) is 51.4 cm³/mol. The average Bonchev–Trinajstić information content (AvgIpc) is 2.93. The van der Waals surface area contributed by atoms with Gasteiger partial charge in [0.1, 0.15) is 5.69 Å². The van der Waals surface area contributed by atoms with Crippen molar-refractivity contribution < 1.29 is 9.90 Å². The van der Waals surface area contributed by atoms with E-state index in [1.807, 2.05) is 0 Å². The Hall–Kier alpha value is -1.29. The third-order valence-corrected chi connectivity index (χ3v) is 2.25. The number of aromatic hydroxyl groups is 1. The van der Waals surface area contributed by atoms with Crippen molar-refractivity contribution in [3.05, 3.63) is 23.0 Å². The van der Waals surface area contributed by atoms with Crippen LogP contribution in [0.4, 0.5) is 0 Å². The minimum Gasteiger partial charge on any atom is -0.505 e. The van der Waals surface area contributed by atoms with Crippen LogP contribution < -0.4 is 5.32 Å². The quantitative estimate of drug-likeness (QED) is 0.728. The van der Waals surface area contributed by atoms with Gasteiger partial charge in [0, 0.05) is 6.04 Å². The molecule has 2 rings (SSSR count). The summed E-state index contributed by atoms with van der Waals surface area (Å²) in [6, 6.07) is 3.09. The fourth-order valence-corrected chi connectivity index (χ4v) is 1.19. The van der Waals surface area contributed by atoms with Gasteiger partial charge in [0.05, 0.1) is 0 Å². The van der Waals surface area contributed by atoms with E-state index in [1.165, 1.54) is 12.1 Å². The first-order chi connectivity index (χ1) is 6.66. The van der Waals surface area contributed by atoms with Crippen molar-refractivity contribution in [2.45, 2.75) is 18.9 Å². The molecule has 1 aromatic heterocycles. The van der Waals surface area contributed by atoms with Gasteiger partial charge < -0.3 is 10.4 Å². The Morgan fingerprint density at radius 2 is 2.29 bits per heavy atom. The molecule has 2 N–H and O–H groups in total. The number of carbonyl (C=O) groups is 1. The number of hydrogen-bond acceptors (Lipinski definition) is 3. The van der Waals surface area contributed by atoms with Crippen molar-refractivity contribution in [3.8, 4) is 5.75 Å². The molecule has 1 saturated carbocycles. The zero-order valence-electron chi connectivity index (χ0n) is 7.33. The highest BCUT2D eigenvalue weighted by Crippen LogP contribution is 2.22. The molecule has 1 amide bonds. The SMILES string of the molecule is O=C(NC1CC1)c1ccc(O)c(Cl)n1. The van der Waals surface area contributed by atoms with Gasteiger partial charge in [0.15, 0.2) is 10.9 Å². The largest absolute Gasteiger partial charge is 0.505 e. The summed E-state index contributed by atoms with van der Waals surface area (Å²) < 4.78 is 0. The van der Waals surface area contributed by atoms with Gasteiger partial charge in [-0.2, -0.15) is 0 Å². The van der Waals surface area contributed by atoms with Crippen molar-refractivity contribution in [2.24, 2.45) is 0 Å². The molecule has 1 aliphatic carbocycles. The molecule has 4 nitrogen and oxygen atoms in total. The molecule has 1 aromatic rings. The maximum absolute atomic E-state index is 11.4. The summed E-state index contributed by atoms with van der Waals surface area (Å²) in [6.45, 7) is 0. The molecule has 1 fully saturated rings. The lowest BCUT2D eigenvalue weighted by Crippen LogP contribution is -2.26. The van der Waals surface area contributed by atoms with Crippen LogP contribution in [0.3, 0.4) is 0 Å². The van der Waals surface area contributed by atoms with E-state index in [-0.39, 0.29) is 28.5 Å². The van der Waals surface area contributed by atoms with Crippen molar-refractivity contribution in [1.29, 1.82) is 0 Å². The molecule has 1 heterocycles. The monoisotopic (exact) mass is 212 g/mol. The molecule has 74 valence electrons. The number of nitrogens with zero attached hydrogens (tertiary/aromatic N) is 1. The van der Waals surface area contributed by atoms with Crippen LogP contribution >= 0.6 is 11.6 Å². The summed E-state index contributed by atoms with van der Waals surface area (Å²) in [7, 11) is 0. The number of amides is 1. The standard InChI is InChI=1S/C9H9ClN2O2/c10-8-7(13)4-3-6(12-8)9(14)11-5-1-2-5/h3-5,13H,1-2H2,(H,11,14). The smallest absolute Gasteiger partial charge is 0.270 e. The van der Waals surface area contributed by atoms with E-state index in [0.29, 0.717) is 0 Å². The van der Waals surface area contributed by atoms with E-state index in [2.05, 4.69) is 10.3 Å². The van der Waals surface area contributed by atoms with E-state index in [1.54, 1.807) is 0 Å². The Morgan fingerprint density at radius 3 is 2.86 bits per heavy atom. The highest BCUT2D eigenvalue weighted by Gasteiger charge is 2.24. The third-order valence-electron chi connectivity index (χ3n) is 1.97. The van der Waals surface area contributed by atoms with Crippen LogP contribution in [0.1, 0.15) is 23.3 Å². The first-order valence-electron chi connectivity index (χ1n) is 4.33. The number of aromatic nitrogens is 1. The minimum absolute atomic E-state index is 0.0477. The van der Waals surface area contributed by atoms with Crippen LogP contribution in [0.5, 0.6) is 5.75 Å². The average molecular weight is 213 g/mol. The number of pyridine rings is 1. The number of hydrogen-bond donors (Lipinski definition) is 2. The summed E-state index contributed by atoms with van der Waals surface area (Å²) in [4.78, 5) is 15.2. The second-order valence-corrected chi connectivity index (χ2v) is 3.61. The van der Waals surface area contributed by atoms with E-state index in [0.717, 1.165) is 12.8 Å². The van der Waals surface area contributed by atoms with Crippen LogP contribution in [0.2, 0.25) is 5.15 Å². The van der Waals surface area contributed by atoms with Gasteiger partial charge in [-0.25, -0.2) is 4.98 Å². The fraction of sp³-hybridized carbons (Fsp3) is 0.333. The molecule has 0 radical (unpaired) electrons. The maximum atomic E-state index is 11.4. The van der Waals surface area contributed by atoms with E-state index in [9.17, 15) is 4.79 Å². The van der Waals surface area contributed by atoms with Crippen LogP contribution in [-0.2, 0) is 0 Å². The zero-order valence-corrected chi connectivity index (χ0v) is 8.08. The second kappa shape index (κ2) is 3.46. The molecule has 0 bridgehead atoms. The lowest BCUT2D eigenvalue weighted by Gasteiger charge is -2.02. The van der Waals surface area contributed by atoms with Crippen LogP contribution in [0.15, 0.2) is 12.1 Å². The molecule has 0 saturated heterocycles. The Kier molecular flexibility index (Phi) is 2.29. The molecule has 0 aliphatic heterocycles. The molecule has 1 aliphatic rings. The van der Waals surface area contributed by atoms with E-state index < -0.39 is 0 Å². The number of rotatable bonds is 2. The maximum Gasteiger partial charge on any atom is 0.270 e. The Balaban J connectivity index is 2.14. The molecule has 0 atom stereocenters. The number of halogens is 1. The number of nitrogens with one attached hydrogen (secondary N) is 1. The van der Waals surface area contributed by atoms with Crippen LogP contribution in [0.25, 0.3) is 0 Å². The highest BCUT2D eigenvalue weighted by atomic mass is 35.5. The normalized spacial score (nSPS) is 15.2. The predicted octanol–water partition coefficient (Wildman–Crippen LogP) is 1.33. The molecule has 0 aromatic carbocycles. The van der Waals surface area contributed by atoms with Gasteiger partial charge in [-0.15, -0.1) is 0 Å². The van der Waals surface area contributed by atoms with Gasteiger partial charge in [-0.05, 0) is 25.0 Å². The second-order valence-electron chi connectivity index (χ2n) is 3.25. The van der Waals surface area contributed by atoms with Crippen molar-refractivity contribution in [1.82, 2.24) is 10.3 Å². The first kappa shape index (κ1) is 9.27. The van der Waals surface area contributed by atoms with E-state index >= 15 is 0 Å².